The highest BCUT2D eigenvalue weighted by atomic mass is 32.1. The van der Waals surface area contributed by atoms with Crippen LogP contribution in [0.25, 0.3) is 6.08 Å². The van der Waals surface area contributed by atoms with E-state index in [1.807, 2.05) is 73.6 Å². The number of aromatic hydroxyl groups is 1. The molecule has 1 aliphatic heterocycles. The summed E-state index contributed by atoms with van der Waals surface area (Å²) in [5.41, 5.74) is 3.85. The Morgan fingerprint density at radius 2 is 1.78 bits per heavy atom. The van der Waals surface area contributed by atoms with Crippen molar-refractivity contribution in [3.8, 4) is 5.75 Å². The van der Waals surface area contributed by atoms with E-state index in [9.17, 15) is 14.7 Å². The van der Waals surface area contributed by atoms with Crippen LogP contribution in [0.5, 0.6) is 5.75 Å². The van der Waals surface area contributed by atoms with Crippen LogP contribution >= 0.6 is 11.3 Å². The lowest BCUT2D eigenvalue weighted by atomic mass is 9.95. The molecule has 4 aromatic rings. The summed E-state index contributed by atoms with van der Waals surface area (Å²) in [7, 11) is 3.89. The zero-order chi connectivity index (χ0) is 29.1. The first kappa shape index (κ1) is 27.7. The van der Waals surface area contributed by atoms with Crippen molar-refractivity contribution in [1.82, 2.24) is 4.57 Å². The van der Waals surface area contributed by atoms with Crippen molar-refractivity contribution in [2.45, 2.75) is 19.9 Å². The minimum Gasteiger partial charge on any atom is -0.507 e. The number of benzene rings is 3. The molecule has 5 rings (SSSR count). The lowest BCUT2D eigenvalue weighted by Crippen LogP contribution is -2.39. The minimum atomic E-state index is -0.710. The van der Waals surface area contributed by atoms with E-state index in [4.69, 9.17) is 4.74 Å². The van der Waals surface area contributed by atoms with Crippen LogP contribution in [0.2, 0.25) is 0 Å². The quantitative estimate of drug-likeness (QED) is 0.250. The fourth-order valence-corrected chi connectivity index (χ4v) is 5.57. The van der Waals surface area contributed by atoms with Crippen molar-refractivity contribution in [1.29, 1.82) is 0 Å². The van der Waals surface area contributed by atoms with Gasteiger partial charge in [0.05, 0.1) is 39.8 Å². The van der Waals surface area contributed by atoms with E-state index in [1.54, 1.807) is 32.1 Å². The summed E-state index contributed by atoms with van der Waals surface area (Å²) in [6.45, 7) is 3.69. The Kier molecular flexibility index (Phi) is 7.93. The molecule has 10 heteroatoms. The van der Waals surface area contributed by atoms with Crippen molar-refractivity contribution >= 4 is 40.4 Å². The molecule has 1 N–H and O–H groups in total. The van der Waals surface area contributed by atoms with Gasteiger partial charge in [0.15, 0.2) is 4.80 Å². The number of carbonyl (C=O) groups is 1. The molecule has 1 aromatic heterocycles. The monoisotopic (exact) mass is 567 g/mol. The molecule has 0 unspecified atom stereocenters. The normalized spacial score (nSPS) is 15.1. The molecule has 3 aromatic carbocycles. The summed E-state index contributed by atoms with van der Waals surface area (Å²) in [6, 6.07) is 21.2. The summed E-state index contributed by atoms with van der Waals surface area (Å²) < 4.78 is 7.26. The number of esters is 1. The first-order chi connectivity index (χ1) is 19.8. The van der Waals surface area contributed by atoms with Crippen LogP contribution in [0, 0.1) is 0 Å². The van der Waals surface area contributed by atoms with Gasteiger partial charge < -0.3 is 14.7 Å². The first-order valence-corrected chi connectivity index (χ1v) is 13.8. The van der Waals surface area contributed by atoms with Gasteiger partial charge in [-0.05, 0) is 61.9 Å². The number of rotatable bonds is 7. The number of ether oxygens (including phenoxy) is 1. The van der Waals surface area contributed by atoms with Crippen LogP contribution in [0.1, 0.15) is 31.0 Å². The molecule has 1 atom stereocenters. The average Bonchev–Trinajstić information content (AvgIpc) is 3.27. The summed E-state index contributed by atoms with van der Waals surface area (Å²) >= 11 is 1.20. The molecule has 1 aliphatic rings. The van der Waals surface area contributed by atoms with Crippen molar-refractivity contribution in [3.05, 3.63) is 115 Å². The number of aromatic nitrogens is 1. The third-order valence-corrected chi connectivity index (χ3v) is 7.56. The van der Waals surface area contributed by atoms with Gasteiger partial charge in [-0.2, -0.15) is 10.2 Å². The molecule has 9 nitrogen and oxygen atoms in total. The fraction of sp³-hybridized carbons (Fsp3) is 0.194. The molecule has 0 aliphatic carbocycles. The highest BCUT2D eigenvalue weighted by molar-refractivity contribution is 7.07. The third kappa shape index (κ3) is 5.73. The second kappa shape index (κ2) is 11.7. The molecule has 0 saturated carbocycles. The van der Waals surface area contributed by atoms with Gasteiger partial charge in [-0.3, -0.25) is 9.36 Å². The Balaban J connectivity index is 1.58. The van der Waals surface area contributed by atoms with E-state index < -0.39 is 12.0 Å². The molecule has 0 amide bonds. The summed E-state index contributed by atoms with van der Waals surface area (Å²) in [5.74, 6) is -0.554. The Morgan fingerprint density at radius 1 is 1.07 bits per heavy atom. The number of fused-ring (bicyclic) bond motifs is 1. The van der Waals surface area contributed by atoms with Gasteiger partial charge in [0.1, 0.15) is 5.75 Å². The van der Waals surface area contributed by atoms with Crippen LogP contribution in [0.3, 0.4) is 0 Å². The maximum Gasteiger partial charge on any atom is 0.338 e. The van der Waals surface area contributed by atoms with E-state index in [1.165, 1.54) is 22.0 Å². The number of nitrogens with zero attached hydrogens (tertiary/aromatic N) is 5. The number of thiazole rings is 1. The zero-order valence-electron chi connectivity index (χ0n) is 23.1. The topological polar surface area (TPSA) is 109 Å². The summed E-state index contributed by atoms with van der Waals surface area (Å²) in [6.07, 6.45) is 1.62. The van der Waals surface area contributed by atoms with Crippen molar-refractivity contribution in [2.75, 3.05) is 25.6 Å². The minimum absolute atomic E-state index is 0.0421. The zero-order valence-corrected chi connectivity index (χ0v) is 23.9. The van der Waals surface area contributed by atoms with Crippen LogP contribution < -0.4 is 19.8 Å². The Morgan fingerprint density at radius 3 is 2.44 bits per heavy atom. The van der Waals surface area contributed by atoms with Crippen LogP contribution in [-0.4, -0.2) is 36.3 Å². The van der Waals surface area contributed by atoms with Gasteiger partial charge in [0.25, 0.3) is 5.56 Å². The van der Waals surface area contributed by atoms with Gasteiger partial charge in [-0.1, -0.05) is 41.7 Å². The predicted molar refractivity (Wildman–Crippen MR) is 160 cm³/mol. The van der Waals surface area contributed by atoms with Crippen LogP contribution in [0.4, 0.5) is 17.1 Å². The SMILES string of the molecule is CCOC(=O)C1=C(C)N=c2s/c(=C\c3ccc(N=Nc4ccccc4)cc3O)c(=O)n2[C@@H]1c1ccc(N(C)C)cc1. The molecule has 2 heterocycles. The van der Waals surface area contributed by atoms with E-state index in [-0.39, 0.29) is 17.9 Å². The van der Waals surface area contributed by atoms with Crippen molar-refractivity contribution in [2.24, 2.45) is 15.2 Å². The summed E-state index contributed by atoms with van der Waals surface area (Å²) in [4.78, 5) is 34.0. The number of hydrogen-bond donors (Lipinski definition) is 1. The predicted octanol–water partition coefficient (Wildman–Crippen LogP) is 4.99. The average molecular weight is 568 g/mol. The van der Waals surface area contributed by atoms with E-state index >= 15 is 0 Å². The largest absolute Gasteiger partial charge is 0.507 e. The number of phenols is 1. The molecule has 0 bridgehead atoms. The molecule has 41 heavy (non-hydrogen) atoms. The smallest absolute Gasteiger partial charge is 0.338 e. The Hall–Kier alpha value is -4.83. The first-order valence-electron chi connectivity index (χ1n) is 13.0. The molecule has 208 valence electrons. The number of hydrogen-bond acceptors (Lipinski definition) is 9. The second-order valence-electron chi connectivity index (χ2n) is 9.57. The molecule has 0 radical (unpaired) electrons. The van der Waals surface area contributed by atoms with Gasteiger partial charge >= 0.3 is 5.97 Å². The van der Waals surface area contributed by atoms with Gasteiger partial charge in [-0.15, -0.1) is 0 Å². The van der Waals surface area contributed by atoms with Crippen LogP contribution in [0.15, 0.2) is 104 Å². The maximum atomic E-state index is 13.8. The number of phenolic OH excluding ortho intramolecular Hbond substituents is 1. The van der Waals surface area contributed by atoms with Crippen LogP contribution in [-0.2, 0) is 9.53 Å². The standard InChI is InChI=1S/C31H29N5O4S/c1-5-40-30(39)27-19(2)32-31-36(28(27)20-12-15-24(16-13-20)35(3)4)29(38)26(41-31)17-21-11-14-23(18-25(21)37)34-33-22-9-7-6-8-10-22/h6-18,28,37H,5H2,1-4H3/b26-17-,34-33?/t28-/m1/s1. The third-order valence-electron chi connectivity index (χ3n) is 6.58. The van der Waals surface area contributed by atoms with E-state index in [0.717, 1.165) is 11.3 Å². The highest BCUT2D eigenvalue weighted by Crippen LogP contribution is 2.32. The number of allylic oxidation sites excluding steroid dienone is 1. The number of carbonyl (C=O) groups excluding carboxylic acids is 1. The Bertz CT molecular complexity index is 1840. The molecular weight excluding hydrogens is 538 g/mol. The second-order valence-corrected chi connectivity index (χ2v) is 10.6. The van der Waals surface area contributed by atoms with E-state index in [0.29, 0.717) is 37.5 Å². The highest BCUT2D eigenvalue weighted by Gasteiger charge is 2.33. The number of anilines is 1. The van der Waals surface area contributed by atoms with Gasteiger partial charge in [0, 0.05) is 31.4 Å². The maximum absolute atomic E-state index is 13.8. The van der Waals surface area contributed by atoms with Crippen molar-refractivity contribution < 1.29 is 14.6 Å². The molecule has 0 fully saturated rings. The van der Waals surface area contributed by atoms with E-state index in [2.05, 4.69) is 15.2 Å². The number of azo groups is 1. The van der Waals surface area contributed by atoms with Crippen molar-refractivity contribution in [3.63, 3.8) is 0 Å². The molecule has 0 saturated heterocycles. The lowest BCUT2D eigenvalue weighted by Gasteiger charge is -2.25. The summed E-state index contributed by atoms with van der Waals surface area (Å²) in [5, 5.41) is 19.1. The van der Waals surface area contributed by atoms with Gasteiger partial charge in [-0.25, -0.2) is 9.79 Å². The van der Waals surface area contributed by atoms with Gasteiger partial charge in [0.2, 0.25) is 0 Å². The Labute approximate surface area is 240 Å². The molecular formula is C31H29N5O4S. The molecule has 0 spiro atoms. The lowest BCUT2D eigenvalue weighted by molar-refractivity contribution is -0.139. The fourth-order valence-electron chi connectivity index (χ4n) is 4.53.